The molecule has 1 unspecified atom stereocenters. The first-order valence-corrected chi connectivity index (χ1v) is 11.8. The molecule has 1 aliphatic rings. The van der Waals surface area contributed by atoms with Crippen LogP contribution in [0.5, 0.6) is 5.75 Å². The zero-order chi connectivity index (χ0) is 24.7. The molecule has 0 bridgehead atoms. The Labute approximate surface area is 211 Å². The summed E-state index contributed by atoms with van der Waals surface area (Å²) in [5.41, 5.74) is 8.33. The van der Waals surface area contributed by atoms with E-state index in [0.717, 1.165) is 37.3 Å². The third-order valence-corrected chi connectivity index (χ3v) is 6.83. The lowest BCUT2D eigenvalue weighted by Gasteiger charge is -2.32. The van der Waals surface area contributed by atoms with Crippen molar-refractivity contribution in [2.24, 2.45) is 0 Å². The largest absolute Gasteiger partial charge is 0.478 e. The molecule has 0 saturated carbocycles. The summed E-state index contributed by atoms with van der Waals surface area (Å²) in [7, 11) is 2.10. The van der Waals surface area contributed by atoms with Crippen LogP contribution in [-0.2, 0) is 0 Å². The summed E-state index contributed by atoms with van der Waals surface area (Å²) in [6, 6.07) is 2.63. The van der Waals surface area contributed by atoms with Crippen molar-refractivity contribution in [1.82, 2.24) is 19.9 Å². The van der Waals surface area contributed by atoms with Gasteiger partial charge in [-0.1, -0.05) is 23.2 Å². The fourth-order valence-electron chi connectivity index (χ4n) is 4.10. The lowest BCUT2D eigenvalue weighted by atomic mass is 10.1. The SMILES string of the molecule is CC(Oc1c(N)ncc2c(-c3cnc(N4CCN(C)CC4)nc3)coc12)c1c(Cl)ccc(F)c1Cl. The number of benzene rings is 1. The Balaban J connectivity index is 1.45. The van der Waals surface area contributed by atoms with Crippen molar-refractivity contribution in [2.75, 3.05) is 43.9 Å². The molecule has 1 aliphatic heterocycles. The van der Waals surface area contributed by atoms with Crippen molar-refractivity contribution in [1.29, 1.82) is 0 Å². The van der Waals surface area contributed by atoms with Gasteiger partial charge in [-0.2, -0.15) is 0 Å². The molecule has 0 amide bonds. The van der Waals surface area contributed by atoms with Crippen molar-refractivity contribution in [2.45, 2.75) is 13.0 Å². The Bertz CT molecular complexity index is 1370. The normalized spacial score (nSPS) is 15.5. The van der Waals surface area contributed by atoms with Gasteiger partial charge in [0.1, 0.15) is 18.2 Å². The van der Waals surface area contributed by atoms with Gasteiger partial charge < -0.3 is 24.7 Å². The number of rotatable bonds is 5. The molecule has 5 rings (SSSR count). The smallest absolute Gasteiger partial charge is 0.225 e. The quantitative estimate of drug-likeness (QED) is 0.361. The van der Waals surface area contributed by atoms with Crippen LogP contribution in [0.25, 0.3) is 22.1 Å². The van der Waals surface area contributed by atoms with Gasteiger partial charge in [-0.05, 0) is 26.1 Å². The predicted octanol–water partition coefficient (Wildman–Crippen LogP) is 5.20. The number of furan rings is 1. The maximum atomic E-state index is 14.0. The van der Waals surface area contributed by atoms with E-state index in [1.54, 1.807) is 31.8 Å². The van der Waals surface area contributed by atoms with E-state index in [-0.39, 0.29) is 21.6 Å². The van der Waals surface area contributed by atoms with Gasteiger partial charge in [0.2, 0.25) is 11.7 Å². The highest BCUT2D eigenvalue weighted by Gasteiger charge is 2.23. The second-order valence-corrected chi connectivity index (χ2v) is 9.23. The van der Waals surface area contributed by atoms with Crippen LogP contribution in [0.3, 0.4) is 0 Å². The van der Waals surface area contributed by atoms with Crippen LogP contribution in [-0.4, -0.2) is 53.1 Å². The van der Waals surface area contributed by atoms with Crippen molar-refractivity contribution >= 4 is 45.9 Å². The van der Waals surface area contributed by atoms with Crippen LogP contribution in [0.4, 0.5) is 16.2 Å². The number of nitrogen functional groups attached to an aromatic ring is 1. The van der Waals surface area contributed by atoms with Crippen LogP contribution >= 0.6 is 23.2 Å². The van der Waals surface area contributed by atoms with Crippen molar-refractivity contribution < 1.29 is 13.5 Å². The number of hydrogen-bond acceptors (Lipinski definition) is 8. The van der Waals surface area contributed by atoms with E-state index < -0.39 is 11.9 Å². The summed E-state index contributed by atoms with van der Waals surface area (Å²) < 4.78 is 25.9. The van der Waals surface area contributed by atoms with E-state index in [1.807, 2.05) is 0 Å². The summed E-state index contributed by atoms with van der Waals surface area (Å²) in [5, 5.41) is 0.843. The molecule has 0 spiro atoms. The molecular weight excluding hydrogens is 494 g/mol. The van der Waals surface area contributed by atoms with Crippen molar-refractivity contribution in [3.05, 3.63) is 58.4 Å². The van der Waals surface area contributed by atoms with Gasteiger partial charge >= 0.3 is 0 Å². The molecule has 1 fully saturated rings. The second kappa shape index (κ2) is 9.49. The molecule has 0 aliphatic carbocycles. The topological polar surface area (TPSA) is 93.5 Å². The van der Waals surface area contributed by atoms with E-state index in [4.69, 9.17) is 38.1 Å². The van der Waals surface area contributed by atoms with E-state index >= 15 is 0 Å². The van der Waals surface area contributed by atoms with E-state index in [9.17, 15) is 4.39 Å². The number of anilines is 2. The summed E-state index contributed by atoms with van der Waals surface area (Å²) in [6.07, 6.45) is 5.99. The molecule has 1 saturated heterocycles. The van der Waals surface area contributed by atoms with E-state index in [1.165, 1.54) is 12.1 Å². The summed E-state index contributed by atoms with van der Waals surface area (Å²) in [5.74, 6) is 0.438. The molecule has 3 aromatic heterocycles. The Morgan fingerprint density at radius 3 is 2.51 bits per heavy atom. The average Bonchev–Trinajstić information content (AvgIpc) is 3.28. The number of ether oxygens (including phenoxy) is 1. The fraction of sp³-hybridized carbons (Fsp3) is 0.292. The molecule has 4 aromatic rings. The highest BCUT2D eigenvalue weighted by atomic mass is 35.5. The number of nitrogens with two attached hydrogens (primary N) is 1. The number of halogens is 3. The number of nitrogens with zero attached hydrogens (tertiary/aromatic N) is 5. The Kier molecular flexibility index (Phi) is 6.39. The second-order valence-electron chi connectivity index (χ2n) is 8.44. The van der Waals surface area contributed by atoms with Crippen molar-refractivity contribution in [3.8, 4) is 16.9 Å². The third kappa shape index (κ3) is 4.47. The van der Waals surface area contributed by atoms with E-state index in [0.29, 0.717) is 22.5 Å². The summed E-state index contributed by atoms with van der Waals surface area (Å²) in [4.78, 5) is 17.8. The number of pyridine rings is 1. The van der Waals surface area contributed by atoms with Gasteiger partial charge in [-0.15, -0.1) is 0 Å². The van der Waals surface area contributed by atoms with Gasteiger partial charge in [0.05, 0.1) is 10.4 Å². The standard InChI is InChI=1S/C24H23Cl2FN6O2/c1-13(19-17(25)3-4-18(27)20(19)26)35-22-21-15(11-29-23(22)28)16(12-34-21)14-9-30-24(31-10-14)33-7-5-32(2)6-8-33/h3-4,9-13H,5-8H2,1-2H3,(H2,28,29). The van der Waals surface area contributed by atoms with Crippen molar-refractivity contribution in [3.63, 3.8) is 0 Å². The van der Waals surface area contributed by atoms with Crippen LogP contribution in [0.2, 0.25) is 10.0 Å². The van der Waals surface area contributed by atoms with Crippen LogP contribution in [0, 0.1) is 5.82 Å². The Morgan fingerprint density at radius 2 is 1.80 bits per heavy atom. The first-order valence-electron chi connectivity index (χ1n) is 11.0. The van der Waals surface area contributed by atoms with Crippen LogP contribution in [0.15, 0.2) is 41.4 Å². The highest BCUT2D eigenvalue weighted by molar-refractivity contribution is 6.36. The van der Waals surface area contributed by atoms with Gasteiger partial charge in [0, 0.05) is 66.5 Å². The number of aromatic nitrogens is 3. The van der Waals surface area contributed by atoms with Crippen LogP contribution in [0.1, 0.15) is 18.6 Å². The van der Waals surface area contributed by atoms with Crippen LogP contribution < -0.4 is 15.4 Å². The third-order valence-electron chi connectivity index (χ3n) is 6.12. The molecular formula is C24H23Cl2FN6O2. The average molecular weight is 517 g/mol. The number of hydrogen-bond donors (Lipinski definition) is 1. The molecule has 8 nitrogen and oxygen atoms in total. The molecule has 4 heterocycles. The lowest BCUT2D eigenvalue weighted by molar-refractivity contribution is 0.227. The monoisotopic (exact) mass is 516 g/mol. The molecule has 1 atom stereocenters. The summed E-state index contributed by atoms with van der Waals surface area (Å²) in [6.45, 7) is 5.40. The first kappa shape index (κ1) is 23.6. The highest BCUT2D eigenvalue weighted by Crippen LogP contribution is 2.41. The molecule has 2 N–H and O–H groups in total. The first-order chi connectivity index (χ1) is 16.8. The predicted molar refractivity (Wildman–Crippen MR) is 135 cm³/mol. The minimum atomic E-state index is -0.722. The summed E-state index contributed by atoms with van der Waals surface area (Å²) >= 11 is 12.4. The minimum Gasteiger partial charge on any atom is -0.478 e. The molecule has 182 valence electrons. The Hall–Kier alpha value is -3.14. The maximum Gasteiger partial charge on any atom is 0.225 e. The number of piperazine rings is 1. The maximum absolute atomic E-state index is 14.0. The molecule has 1 aromatic carbocycles. The zero-order valence-electron chi connectivity index (χ0n) is 19.1. The van der Waals surface area contributed by atoms with E-state index in [2.05, 4.69) is 31.8 Å². The minimum absolute atomic E-state index is 0.110. The molecule has 0 radical (unpaired) electrons. The fourth-order valence-corrected chi connectivity index (χ4v) is 4.78. The van der Waals surface area contributed by atoms with Gasteiger partial charge in [-0.3, -0.25) is 0 Å². The lowest BCUT2D eigenvalue weighted by Crippen LogP contribution is -2.45. The molecule has 11 heteroatoms. The van der Waals surface area contributed by atoms with Gasteiger partial charge in [0.15, 0.2) is 11.4 Å². The zero-order valence-corrected chi connectivity index (χ0v) is 20.6. The number of likely N-dealkylation sites (N-methyl/N-ethyl adjacent to an activating group) is 1. The molecule has 35 heavy (non-hydrogen) atoms. The Morgan fingerprint density at radius 1 is 1.09 bits per heavy atom. The number of fused-ring (bicyclic) bond motifs is 1. The van der Waals surface area contributed by atoms with Gasteiger partial charge in [0.25, 0.3) is 0 Å². The van der Waals surface area contributed by atoms with Gasteiger partial charge in [-0.25, -0.2) is 19.3 Å².